The molecule has 4 fully saturated rings. The highest BCUT2D eigenvalue weighted by Gasteiger charge is 2.67. The first-order valence-corrected chi connectivity index (χ1v) is 11.1. The van der Waals surface area contributed by atoms with E-state index >= 15 is 0 Å². The van der Waals surface area contributed by atoms with Crippen LogP contribution in [0.1, 0.15) is 71.6 Å². The molecule has 4 saturated carbocycles. The van der Waals surface area contributed by atoms with Crippen LogP contribution in [0.3, 0.4) is 0 Å². The zero-order valence-corrected chi connectivity index (χ0v) is 16.7. The average molecular weight is 375 g/mol. The van der Waals surface area contributed by atoms with Gasteiger partial charge in [-0.05, 0) is 92.4 Å². The number of rotatable bonds is 1. The lowest BCUT2D eigenvalue weighted by Gasteiger charge is -2.63. The number of hydrogen-bond donors (Lipinski definition) is 2. The van der Waals surface area contributed by atoms with Gasteiger partial charge in [0.05, 0.1) is 11.7 Å². The predicted octanol–water partition coefficient (Wildman–Crippen LogP) is 3.60. The van der Waals surface area contributed by atoms with Crippen LogP contribution in [-0.4, -0.2) is 34.5 Å². The fourth-order valence-electron chi connectivity index (χ4n) is 8.39. The van der Waals surface area contributed by atoms with E-state index in [1.54, 1.807) is 6.08 Å². The highest BCUT2D eigenvalue weighted by Crippen LogP contribution is 2.69. The van der Waals surface area contributed by atoms with Crippen LogP contribution in [0.25, 0.3) is 0 Å². The maximum absolute atomic E-state index is 12.1. The van der Waals surface area contributed by atoms with Crippen molar-refractivity contribution in [3.8, 4) is 0 Å². The Morgan fingerprint density at radius 1 is 1.04 bits per heavy atom. The Bertz CT molecular complexity index is 686. The molecule has 150 valence electrons. The molecule has 0 aromatic heterocycles. The van der Waals surface area contributed by atoms with Gasteiger partial charge in [-0.2, -0.15) is 0 Å². The van der Waals surface area contributed by atoms with Crippen molar-refractivity contribution in [2.24, 2.45) is 34.5 Å². The average Bonchev–Trinajstić information content (AvgIpc) is 3.16. The van der Waals surface area contributed by atoms with E-state index in [2.05, 4.69) is 13.8 Å². The largest absolute Gasteiger partial charge is 0.458 e. The summed E-state index contributed by atoms with van der Waals surface area (Å²) < 4.78 is 5.20. The molecule has 8 atom stereocenters. The SMILES string of the molecule is C[C@]12CCC(O)C[C@H]1CCC1C2CC[C@]2(C)[C@@H](C3=CC(=O)OC3)CC[C@]12O. The molecule has 4 heteroatoms. The van der Waals surface area contributed by atoms with Crippen molar-refractivity contribution in [3.63, 3.8) is 0 Å². The minimum Gasteiger partial charge on any atom is -0.458 e. The second kappa shape index (κ2) is 5.82. The van der Waals surface area contributed by atoms with Crippen molar-refractivity contribution in [1.29, 1.82) is 0 Å². The standard InChI is InChI=1S/C23H34O4/c1-21-8-5-16(24)12-15(21)3-4-19-18(21)6-9-22(2)17(7-10-23(19,22)26)14-11-20(25)27-13-14/h11,15-19,24,26H,3-10,12-13H2,1-2H3/t15-,16?,17-,18?,19?,21+,22-,23+/m1/s1. The molecule has 5 rings (SSSR count). The minimum absolute atomic E-state index is 0.126. The molecule has 0 radical (unpaired) electrons. The lowest BCUT2D eigenvalue weighted by molar-refractivity contribution is -0.208. The van der Waals surface area contributed by atoms with Gasteiger partial charge in [-0.15, -0.1) is 0 Å². The quantitative estimate of drug-likeness (QED) is 0.688. The fourth-order valence-corrected chi connectivity index (χ4v) is 8.39. The summed E-state index contributed by atoms with van der Waals surface area (Å²) in [5.41, 5.74) is 0.600. The van der Waals surface area contributed by atoms with Gasteiger partial charge in [0.1, 0.15) is 6.61 Å². The van der Waals surface area contributed by atoms with Crippen molar-refractivity contribution in [2.75, 3.05) is 6.61 Å². The number of cyclic esters (lactones) is 1. The van der Waals surface area contributed by atoms with Crippen molar-refractivity contribution in [3.05, 3.63) is 11.6 Å². The number of ether oxygens (including phenoxy) is 1. The first-order chi connectivity index (χ1) is 12.8. The molecule has 0 aromatic carbocycles. The van der Waals surface area contributed by atoms with Gasteiger partial charge in [0.25, 0.3) is 0 Å². The first-order valence-electron chi connectivity index (χ1n) is 11.1. The third-order valence-electron chi connectivity index (χ3n) is 9.96. The van der Waals surface area contributed by atoms with E-state index in [4.69, 9.17) is 4.74 Å². The van der Waals surface area contributed by atoms with Crippen molar-refractivity contribution < 1.29 is 19.7 Å². The molecular weight excluding hydrogens is 340 g/mol. The van der Waals surface area contributed by atoms with Crippen LogP contribution in [0.5, 0.6) is 0 Å². The summed E-state index contributed by atoms with van der Waals surface area (Å²) in [7, 11) is 0. The molecule has 0 aromatic rings. The van der Waals surface area contributed by atoms with Gasteiger partial charge in [0, 0.05) is 11.5 Å². The Labute approximate surface area is 162 Å². The van der Waals surface area contributed by atoms with Gasteiger partial charge in [0.15, 0.2) is 0 Å². The highest BCUT2D eigenvalue weighted by molar-refractivity contribution is 5.85. The number of aliphatic hydroxyl groups is 2. The lowest BCUT2D eigenvalue weighted by Crippen LogP contribution is -2.62. The van der Waals surface area contributed by atoms with Crippen LogP contribution in [-0.2, 0) is 9.53 Å². The molecule has 1 aliphatic heterocycles. The number of carbonyl (C=O) groups excluding carboxylic acids is 1. The Kier molecular flexibility index (Phi) is 3.92. The van der Waals surface area contributed by atoms with E-state index in [9.17, 15) is 15.0 Å². The molecule has 4 nitrogen and oxygen atoms in total. The topological polar surface area (TPSA) is 66.8 Å². The van der Waals surface area contributed by atoms with Crippen molar-refractivity contribution >= 4 is 5.97 Å². The maximum atomic E-state index is 12.1. The number of fused-ring (bicyclic) bond motifs is 5. The molecule has 1 heterocycles. The summed E-state index contributed by atoms with van der Waals surface area (Å²) in [6.45, 7) is 5.15. The Morgan fingerprint density at radius 3 is 2.59 bits per heavy atom. The molecule has 0 bridgehead atoms. The number of hydrogen-bond acceptors (Lipinski definition) is 4. The van der Waals surface area contributed by atoms with E-state index in [-0.39, 0.29) is 28.8 Å². The second-order valence-electron chi connectivity index (χ2n) is 10.7. The third-order valence-corrected chi connectivity index (χ3v) is 9.96. The van der Waals surface area contributed by atoms with Crippen LogP contribution in [0, 0.1) is 34.5 Å². The van der Waals surface area contributed by atoms with E-state index in [0.29, 0.717) is 24.4 Å². The summed E-state index contributed by atoms with van der Waals surface area (Å²) >= 11 is 0. The molecule has 3 unspecified atom stereocenters. The van der Waals surface area contributed by atoms with E-state index in [0.717, 1.165) is 56.9 Å². The normalized spacial score (nSPS) is 54.6. The fraction of sp³-hybridized carbons (Fsp3) is 0.870. The number of carbonyl (C=O) groups is 1. The maximum Gasteiger partial charge on any atom is 0.331 e. The van der Waals surface area contributed by atoms with E-state index in [1.807, 2.05) is 0 Å². The number of aliphatic hydroxyl groups excluding tert-OH is 1. The Hall–Kier alpha value is -0.870. The third kappa shape index (κ3) is 2.32. The predicted molar refractivity (Wildman–Crippen MR) is 102 cm³/mol. The van der Waals surface area contributed by atoms with Crippen LogP contribution >= 0.6 is 0 Å². The highest BCUT2D eigenvalue weighted by atomic mass is 16.5. The van der Waals surface area contributed by atoms with Crippen LogP contribution in [0.2, 0.25) is 0 Å². The van der Waals surface area contributed by atoms with Gasteiger partial charge in [0.2, 0.25) is 0 Å². The first kappa shape index (κ1) is 18.2. The summed E-state index contributed by atoms with van der Waals surface area (Å²) in [5.74, 6) is 1.59. The summed E-state index contributed by atoms with van der Waals surface area (Å²) in [5, 5.41) is 22.3. The van der Waals surface area contributed by atoms with Gasteiger partial charge in [-0.25, -0.2) is 4.79 Å². The Balaban J connectivity index is 1.47. The van der Waals surface area contributed by atoms with Gasteiger partial charge in [-0.3, -0.25) is 0 Å². The van der Waals surface area contributed by atoms with Gasteiger partial charge in [-0.1, -0.05) is 13.8 Å². The molecule has 0 saturated heterocycles. The molecular formula is C23H34O4. The van der Waals surface area contributed by atoms with Crippen molar-refractivity contribution in [2.45, 2.75) is 83.3 Å². The molecule has 0 spiro atoms. The van der Waals surface area contributed by atoms with E-state index in [1.165, 1.54) is 6.42 Å². The van der Waals surface area contributed by atoms with E-state index < -0.39 is 5.60 Å². The van der Waals surface area contributed by atoms with Crippen molar-refractivity contribution in [1.82, 2.24) is 0 Å². The molecule has 4 aliphatic carbocycles. The summed E-state index contributed by atoms with van der Waals surface area (Å²) in [6, 6.07) is 0. The minimum atomic E-state index is -0.628. The smallest absolute Gasteiger partial charge is 0.331 e. The van der Waals surface area contributed by atoms with Crippen LogP contribution in [0.4, 0.5) is 0 Å². The molecule has 5 aliphatic rings. The molecule has 0 amide bonds. The number of esters is 1. The second-order valence-corrected chi connectivity index (χ2v) is 10.7. The van der Waals surface area contributed by atoms with Gasteiger partial charge < -0.3 is 14.9 Å². The monoisotopic (exact) mass is 374 g/mol. The lowest BCUT2D eigenvalue weighted by atomic mass is 9.43. The summed E-state index contributed by atoms with van der Waals surface area (Å²) in [4.78, 5) is 11.6. The van der Waals surface area contributed by atoms with Gasteiger partial charge >= 0.3 is 5.97 Å². The van der Waals surface area contributed by atoms with Crippen LogP contribution in [0.15, 0.2) is 11.6 Å². The molecule has 27 heavy (non-hydrogen) atoms. The Morgan fingerprint density at radius 2 is 1.85 bits per heavy atom. The summed E-state index contributed by atoms with van der Waals surface area (Å²) in [6.07, 6.45) is 10.8. The zero-order chi connectivity index (χ0) is 19.0. The zero-order valence-electron chi connectivity index (χ0n) is 16.7. The van der Waals surface area contributed by atoms with Crippen LogP contribution < -0.4 is 0 Å². The molecule has 2 N–H and O–H groups in total.